The molecule has 2 unspecified atom stereocenters. The Bertz CT molecular complexity index is 416. The minimum absolute atomic E-state index is 0.224. The number of rotatable bonds is 6. The molecule has 0 spiro atoms. The second-order valence-electron chi connectivity index (χ2n) is 6.13. The molecule has 0 aromatic carbocycles. The summed E-state index contributed by atoms with van der Waals surface area (Å²) in [5.74, 6) is 1.09. The van der Waals surface area contributed by atoms with Crippen LogP contribution in [0.3, 0.4) is 0 Å². The van der Waals surface area contributed by atoms with Gasteiger partial charge in [-0.3, -0.25) is 4.90 Å². The van der Waals surface area contributed by atoms with E-state index in [2.05, 4.69) is 48.0 Å². The standard InChI is InChI=1S/C15H29N5/c1-5-8-13-9-17-15(4,6-2)11-19(13)10-14-16-12-18-20(14)7-3/h12-13,17H,5-11H2,1-4H3. The van der Waals surface area contributed by atoms with Gasteiger partial charge in [-0.15, -0.1) is 0 Å². The van der Waals surface area contributed by atoms with E-state index >= 15 is 0 Å². The molecule has 5 heteroatoms. The quantitative estimate of drug-likeness (QED) is 0.865. The first-order valence-electron chi connectivity index (χ1n) is 7.97. The van der Waals surface area contributed by atoms with Gasteiger partial charge in [0, 0.05) is 31.2 Å². The van der Waals surface area contributed by atoms with Crippen LogP contribution in [0.25, 0.3) is 0 Å². The zero-order valence-corrected chi connectivity index (χ0v) is 13.4. The van der Waals surface area contributed by atoms with Crippen LogP contribution >= 0.6 is 0 Å². The molecule has 1 aliphatic rings. The molecule has 1 aliphatic heterocycles. The molecule has 114 valence electrons. The van der Waals surface area contributed by atoms with Gasteiger partial charge in [0.05, 0.1) is 6.54 Å². The van der Waals surface area contributed by atoms with Gasteiger partial charge in [-0.2, -0.15) is 5.10 Å². The largest absolute Gasteiger partial charge is 0.309 e. The zero-order chi connectivity index (χ0) is 14.6. The highest BCUT2D eigenvalue weighted by Gasteiger charge is 2.34. The third-order valence-corrected chi connectivity index (χ3v) is 4.57. The highest BCUT2D eigenvalue weighted by atomic mass is 15.4. The Morgan fingerprint density at radius 1 is 1.40 bits per heavy atom. The fourth-order valence-corrected chi connectivity index (χ4v) is 3.02. The number of hydrogen-bond acceptors (Lipinski definition) is 4. The first-order valence-corrected chi connectivity index (χ1v) is 7.97. The lowest BCUT2D eigenvalue weighted by Gasteiger charge is -2.46. The molecule has 2 rings (SSSR count). The van der Waals surface area contributed by atoms with Crippen molar-refractivity contribution in [2.45, 2.75) is 71.6 Å². The van der Waals surface area contributed by atoms with Crippen molar-refractivity contribution >= 4 is 0 Å². The SMILES string of the molecule is CCCC1CNC(C)(CC)CN1Cc1ncnn1CC. The molecule has 2 atom stereocenters. The van der Waals surface area contributed by atoms with Crippen LogP contribution in [-0.2, 0) is 13.1 Å². The van der Waals surface area contributed by atoms with Gasteiger partial charge < -0.3 is 5.32 Å². The van der Waals surface area contributed by atoms with Crippen molar-refractivity contribution in [1.29, 1.82) is 0 Å². The number of aromatic nitrogens is 3. The summed E-state index contributed by atoms with van der Waals surface area (Å²) in [7, 11) is 0. The van der Waals surface area contributed by atoms with Gasteiger partial charge in [-0.05, 0) is 26.7 Å². The predicted octanol–water partition coefficient (Wildman–Crippen LogP) is 2.04. The molecular formula is C15H29N5. The third kappa shape index (κ3) is 3.38. The van der Waals surface area contributed by atoms with Crippen LogP contribution in [0.15, 0.2) is 6.33 Å². The lowest BCUT2D eigenvalue weighted by atomic mass is 9.92. The van der Waals surface area contributed by atoms with Gasteiger partial charge in [0.2, 0.25) is 0 Å². The molecule has 1 saturated heterocycles. The minimum Gasteiger partial charge on any atom is -0.309 e. The van der Waals surface area contributed by atoms with Crippen molar-refractivity contribution in [2.24, 2.45) is 0 Å². The molecule has 1 N–H and O–H groups in total. The fraction of sp³-hybridized carbons (Fsp3) is 0.867. The smallest absolute Gasteiger partial charge is 0.141 e. The van der Waals surface area contributed by atoms with Crippen molar-refractivity contribution in [3.05, 3.63) is 12.2 Å². The Morgan fingerprint density at radius 3 is 2.85 bits per heavy atom. The number of nitrogens with one attached hydrogen (secondary N) is 1. The Labute approximate surface area is 122 Å². The van der Waals surface area contributed by atoms with Gasteiger partial charge in [0.1, 0.15) is 12.2 Å². The van der Waals surface area contributed by atoms with E-state index in [1.807, 2.05) is 4.68 Å². The summed E-state index contributed by atoms with van der Waals surface area (Å²) in [6.45, 7) is 13.0. The molecule has 0 amide bonds. The highest BCUT2D eigenvalue weighted by molar-refractivity contribution is 4.97. The van der Waals surface area contributed by atoms with Gasteiger partial charge in [-0.1, -0.05) is 20.3 Å². The monoisotopic (exact) mass is 279 g/mol. The van der Waals surface area contributed by atoms with Crippen molar-refractivity contribution in [3.63, 3.8) is 0 Å². The minimum atomic E-state index is 0.224. The first-order chi connectivity index (χ1) is 9.61. The summed E-state index contributed by atoms with van der Waals surface area (Å²) in [5, 5.41) is 8.02. The number of aryl methyl sites for hydroxylation is 1. The van der Waals surface area contributed by atoms with Crippen molar-refractivity contribution < 1.29 is 0 Å². The first kappa shape index (κ1) is 15.4. The van der Waals surface area contributed by atoms with Crippen LogP contribution in [-0.4, -0.2) is 44.3 Å². The number of nitrogens with zero attached hydrogens (tertiary/aromatic N) is 4. The lowest BCUT2D eigenvalue weighted by molar-refractivity contribution is 0.0691. The lowest BCUT2D eigenvalue weighted by Crippen LogP contribution is -2.62. The highest BCUT2D eigenvalue weighted by Crippen LogP contribution is 2.22. The van der Waals surface area contributed by atoms with Crippen LogP contribution in [0.1, 0.15) is 52.8 Å². The van der Waals surface area contributed by atoms with E-state index in [1.54, 1.807) is 6.33 Å². The molecular weight excluding hydrogens is 250 g/mol. The average molecular weight is 279 g/mol. The van der Waals surface area contributed by atoms with Gasteiger partial charge >= 0.3 is 0 Å². The van der Waals surface area contributed by atoms with E-state index in [1.165, 1.54) is 12.8 Å². The van der Waals surface area contributed by atoms with E-state index in [9.17, 15) is 0 Å². The molecule has 0 saturated carbocycles. The van der Waals surface area contributed by atoms with Crippen molar-refractivity contribution in [1.82, 2.24) is 25.0 Å². The second-order valence-corrected chi connectivity index (χ2v) is 6.13. The van der Waals surface area contributed by atoms with Crippen LogP contribution < -0.4 is 5.32 Å². The Balaban J connectivity index is 2.11. The Kier molecular flexibility index (Phi) is 5.16. The molecule has 0 aliphatic carbocycles. The zero-order valence-electron chi connectivity index (χ0n) is 13.4. The summed E-state index contributed by atoms with van der Waals surface area (Å²) in [6.07, 6.45) is 5.30. The topological polar surface area (TPSA) is 46.0 Å². The summed E-state index contributed by atoms with van der Waals surface area (Å²) >= 11 is 0. The maximum atomic E-state index is 4.44. The molecule has 20 heavy (non-hydrogen) atoms. The number of piperazine rings is 1. The molecule has 5 nitrogen and oxygen atoms in total. The average Bonchev–Trinajstić information content (AvgIpc) is 2.89. The molecule has 0 bridgehead atoms. The van der Waals surface area contributed by atoms with E-state index in [0.29, 0.717) is 6.04 Å². The summed E-state index contributed by atoms with van der Waals surface area (Å²) < 4.78 is 2.01. The van der Waals surface area contributed by atoms with Crippen molar-refractivity contribution in [3.8, 4) is 0 Å². The van der Waals surface area contributed by atoms with Gasteiger partial charge in [0.25, 0.3) is 0 Å². The third-order valence-electron chi connectivity index (χ3n) is 4.57. The Morgan fingerprint density at radius 2 is 2.20 bits per heavy atom. The van der Waals surface area contributed by atoms with E-state index in [0.717, 1.165) is 38.4 Å². The summed E-state index contributed by atoms with van der Waals surface area (Å²) in [4.78, 5) is 7.04. The predicted molar refractivity (Wildman–Crippen MR) is 81.5 cm³/mol. The second kappa shape index (κ2) is 6.68. The van der Waals surface area contributed by atoms with Gasteiger partial charge in [0.15, 0.2) is 0 Å². The molecule has 1 aromatic heterocycles. The fourth-order valence-electron chi connectivity index (χ4n) is 3.02. The van der Waals surface area contributed by atoms with E-state index in [4.69, 9.17) is 0 Å². The molecule has 1 aromatic rings. The normalized spacial score (nSPS) is 27.9. The molecule has 1 fully saturated rings. The van der Waals surface area contributed by atoms with Gasteiger partial charge in [-0.25, -0.2) is 9.67 Å². The van der Waals surface area contributed by atoms with Crippen LogP contribution in [0, 0.1) is 0 Å². The van der Waals surface area contributed by atoms with Crippen LogP contribution in [0.4, 0.5) is 0 Å². The molecule has 2 heterocycles. The number of hydrogen-bond donors (Lipinski definition) is 1. The molecule has 0 radical (unpaired) electrons. The van der Waals surface area contributed by atoms with Crippen LogP contribution in [0.2, 0.25) is 0 Å². The van der Waals surface area contributed by atoms with Crippen LogP contribution in [0.5, 0.6) is 0 Å². The van der Waals surface area contributed by atoms with E-state index in [-0.39, 0.29) is 5.54 Å². The summed E-state index contributed by atoms with van der Waals surface area (Å²) in [5.41, 5.74) is 0.224. The van der Waals surface area contributed by atoms with Crippen molar-refractivity contribution in [2.75, 3.05) is 13.1 Å². The Hall–Kier alpha value is -0.940. The maximum absolute atomic E-state index is 4.44. The maximum Gasteiger partial charge on any atom is 0.141 e. The van der Waals surface area contributed by atoms with E-state index < -0.39 is 0 Å². The summed E-state index contributed by atoms with van der Waals surface area (Å²) in [6, 6.07) is 0.613.